The summed E-state index contributed by atoms with van der Waals surface area (Å²) >= 11 is 5.54. The van der Waals surface area contributed by atoms with Crippen LogP contribution >= 0.6 is 11.6 Å². The van der Waals surface area contributed by atoms with Crippen LogP contribution in [-0.4, -0.2) is 39.5 Å². The van der Waals surface area contributed by atoms with Gasteiger partial charge in [0.15, 0.2) is 6.10 Å². The van der Waals surface area contributed by atoms with Gasteiger partial charge < -0.3 is 10.1 Å². The molecule has 1 rings (SSSR count). The van der Waals surface area contributed by atoms with Gasteiger partial charge in [0.2, 0.25) is 10.0 Å². The van der Waals surface area contributed by atoms with Crippen molar-refractivity contribution in [3.05, 3.63) is 29.0 Å². The summed E-state index contributed by atoms with van der Waals surface area (Å²) in [6.07, 6.45) is -1.23. The van der Waals surface area contributed by atoms with Crippen molar-refractivity contribution in [2.45, 2.75) is 31.3 Å². The van der Waals surface area contributed by atoms with Gasteiger partial charge in [-0.25, -0.2) is 17.5 Å². The fourth-order valence-electron chi connectivity index (χ4n) is 1.64. The molecule has 0 aromatic heterocycles. The molecule has 0 fully saturated rings. The predicted octanol–water partition coefficient (Wildman–Crippen LogP) is 1.22. The molecular formula is C14H18ClFN2O5S. The molecule has 0 radical (unpaired) electrons. The number of ether oxygens (including phenoxy) is 1. The van der Waals surface area contributed by atoms with Gasteiger partial charge >= 0.3 is 5.97 Å². The Hall–Kier alpha value is -1.71. The monoisotopic (exact) mass is 380 g/mol. The maximum atomic E-state index is 13.0. The molecule has 0 heterocycles. The lowest BCUT2D eigenvalue weighted by Crippen LogP contribution is -2.36. The number of hydrogen-bond donors (Lipinski definition) is 2. The van der Waals surface area contributed by atoms with Crippen LogP contribution in [-0.2, 0) is 24.3 Å². The summed E-state index contributed by atoms with van der Waals surface area (Å²) < 4.78 is 44.0. The van der Waals surface area contributed by atoms with Crippen LogP contribution < -0.4 is 10.0 Å². The highest BCUT2D eigenvalue weighted by molar-refractivity contribution is 7.89. The summed E-state index contributed by atoms with van der Waals surface area (Å²) in [5.74, 6) is -1.90. The van der Waals surface area contributed by atoms with E-state index in [1.807, 2.05) is 0 Å². The van der Waals surface area contributed by atoms with Crippen molar-refractivity contribution in [2.75, 3.05) is 13.1 Å². The van der Waals surface area contributed by atoms with Gasteiger partial charge in [-0.15, -0.1) is 0 Å². The third-order valence-electron chi connectivity index (χ3n) is 2.85. The van der Waals surface area contributed by atoms with Crippen LogP contribution in [0.15, 0.2) is 23.1 Å². The van der Waals surface area contributed by atoms with E-state index < -0.39 is 33.8 Å². The van der Waals surface area contributed by atoms with E-state index in [4.69, 9.17) is 16.3 Å². The lowest BCUT2D eigenvalue weighted by Gasteiger charge is -2.13. The van der Waals surface area contributed by atoms with Crippen LogP contribution in [0, 0.1) is 5.82 Å². The molecule has 0 aliphatic rings. The Balaban J connectivity index is 2.52. The van der Waals surface area contributed by atoms with E-state index in [0.717, 1.165) is 18.2 Å². The Kier molecular flexibility index (Phi) is 7.59. The zero-order chi connectivity index (χ0) is 18.3. The molecule has 0 saturated carbocycles. The third-order valence-corrected chi connectivity index (χ3v) is 4.60. The smallest absolute Gasteiger partial charge is 0.307 e. The predicted molar refractivity (Wildman–Crippen MR) is 85.5 cm³/mol. The number of rotatable bonds is 8. The van der Waals surface area contributed by atoms with Crippen LogP contribution in [0.5, 0.6) is 0 Å². The van der Waals surface area contributed by atoms with E-state index >= 15 is 0 Å². The Labute approximate surface area is 144 Å². The first-order chi connectivity index (χ1) is 11.2. The molecule has 1 atom stereocenters. The second-order valence-electron chi connectivity index (χ2n) is 4.75. The van der Waals surface area contributed by atoms with E-state index in [9.17, 15) is 22.4 Å². The zero-order valence-corrected chi connectivity index (χ0v) is 14.7. The second-order valence-corrected chi connectivity index (χ2v) is 6.92. The van der Waals surface area contributed by atoms with Gasteiger partial charge in [0.1, 0.15) is 5.82 Å². The molecule has 0 aliphatic carbocycles. The van der Waals surface area contributed by atoms with E-state index in [0.29, 0.717) is 6.54 Å². The molecule has 1 amide bonds. The zero-order valence-electron chi connectivity index (χ0n) is 13.1. The van der Waals surface area contributed by atoms with E-state index in [2.05, 4.69) is 10.0 Å². The molecule has 0 aliphatic heterocycles. The number of amides is 1. The minimum Gasteiger partial charge on any atom is -0.453 e. The highest BCUT2D eigenvalue weighted by atomic mass is 35.5. The van der Waals surface area contributed by atoms with Crippen molar-refractivity contribution in [1.82, 2.24) is 10.0 Å². The number of likely N-dealkylation sites (N-methyl/N-ethyl adjacent to an activating group) is 1. The van der Waals surface area contributed by atoms with Gasteiger partial charge in [-0.05, 0) is 32.0 Å². The molecule has 7 nitrogen and oxygen atoms in total. The number of carbonyl (C=O) groups is 2. The van der Waals surface area contributed by atoms with Gasteiger partial charge in [-0.3, -0.25) is 9.59 Å². The lowest BCUT2D eigenvalue weighted by atomic mass is 10.3. The molecule has 0 unspecified atom stereocenters. The molecule has 0 saturated heterocycles. The van der Waals surface area contributed by atoms with E-state index in [1.165, 1.54) is 6.92 Å². The summed E-state index contributed by atoms with van der Waals surface area (Å²) in [6, 6.07) is 2.95. The molecule has 2 N–H and O–H groups in total. The molecule has 10 heteroatoms. The van der Waals surface area contributed by atoms with E-state index in [1.54, 1.807) is 6.92 Å². The van der Waals surface area contributed by atoms with Crippen molar-refractivity contribution < 1.29 is 27.1 Å². The van der Waals surface area contributed by atoms with Crippen LogP contribution in [0.4, 0.5) is 4.39 Å². The Morgan fingerprint density at radius 2 is 2.04 bits per heavy atom. The molecule has 134 valence electrons. The highest BCUT2D eigenvalue weighted by Gasteiger charge is 2.19. The van der Waals surface area contributed by atoms with Crippen molar-refractivity contribution >= 4 is 33.5 Å². The Morgan fingerprint density at radius 3 is 2.62 bits per heavy atom. The summed E-state index contributed by atoms with van der Waals surface area (Å²) in [5, 5.41) is 2.17. The van der Waals surface area contributed by atoms with Crippen LogP contribution in [0.1, 0.15) is 20.3 Å². The van der Waals surface area contributed by atoms with Gasteiger partial charge in [0.05, 0.1) is 16.3 Å². The maximum absolute atomic E-state index is 13.0. The van der Waals surface area contributed by atoms with Gasteiger partial charge in [-0.2, -0.15) is 0 Å². The minimum absolute atomic E-state index is 0.224. The number of esters is 1. The van der Waals surface area contributed by atoms with Crippen LogP contribution in [0.2, 0.25) is 5.02 Å². The highest BCUT2D eigenvalue weighted by Crippen LogP contribution is 2.19. The second kappa shape index (κ2) is 8.95. The largest absolute Gasteiger partial charge is 0.453 e. The standard InChI is InChI=1S/C14H18ClFN2O5S/c1-3-17-14(20)9(2)23-13(19)6-7-18-24(21,22)10-4-5-12(16)11(15)8-10/h4-5,8-9,18H,3,6-7H2,1-2H3,(H,17,20)/t9-/m1/s1. The summed E-state index contributed by atoms with van der Waals surface area (Å²) in [6.45, 7) is 3.30. The maximum Gasteiger partial charge on any atom is 0.307 e. The van der Waals surface area contributed by atoms with Crippen molar-refractivity contribution in [1.29, 1.82) is 0 Å². The average Bonchev–Trinajstić information content (AvgIpc) is 2.49. The molecule has 1 aromatic rings. The topological polar surface area (TPSA) is 102 Å². The van der Waals surface area contributed by atoms with Gasteiger partial charge in [0.25, 0.3) is 5.91 Å². The lowest BCUT2D eigenvalue weighted by molar-refractivity contribution is -0.154. The number of halogens is 2. The summed E-state index contributed by atoms with van der Waals surface area (Å²) in [7, 11) is -3.94. The number of benzene rings is 1. The van der Waals surface area contributed by atoms with Crippen molar-refractivity contribution in [2.24, 2.45) is 0 Å². The van der Waals surface area contributed by atoms with E-state index in [-0.39, 0.29) is 22.9 Å². The Bertz CT molecular complexity index is 711. The Morgan fingerprint density at radius 1 is 1.38 bits per heavy atom. The molecule has 0 bridgehead atoms. The molecule has 0 spiro atoms. The fourth-order valence-corrected chi connectivity index (χ4v) is 2.95. The van der Waals surface area contributed by atoms with Crippen LogP contribution in [0.25, 0.3) is 0 Å². The average molecular weight is 381 g/mol. The SMILES string of the molecule is CCNC(=O)[C@@H](C)OC(=O)CCNS(=O)(=O)c1ccc(F)c(Cl)c1. The molecule has 24 heavy (non-hydrogen) atoms. The first kappa shape index (κ1) is 20.3. The molecular weight excluding hydrogens is 363 g/mol. The van der Waals surface area contributed by atoms with Gasteiger partial charge in [0, 0.05) is 13.1 Å². The minimum atomic E-state index is -3.94. The quantitative estimate of drug-likeness (QED) is 0.660. The first-order valence-corrected chi connectivity index (χ1v) is 8.95. The number of sulfonamides is 1. The van der Waals surface area contributed by atoms with Crippen molar-refractivity contribution in [3.63, 3.8) is 0 Å². The normalized spacial score (nSPS) is 12.5. The number of nitrogens with one attached hydrogen (secondary N) is 2. The first-order valence-electron chi connectivity index (χ1n) is 7.09. The number of carbonyl (C=O) groups excluding carboxylic acids is 2. The van der Waals surface area contributed by atoms with Crippen LogP contribution in [0.3, 0.4) is 0 Å². The van der Waals surface area contributed by atoms with Gasteiger partial charge in [-0.1, -0.05) is 11.6 Å². The third kappa shape index (κ3) is 6.06. The van der Waals surface area contributed by atoms with Crippen molar-refractivity contribution in [3.8, 4) is 0 Å². The molecule has 1 aromatic carbocycles. The summed E-state index contributed by atoms with van der Waals surface area (Å²) in [5.41, 5.74) is 0. The fraction of sp³-hybridized carbons (Fsp3) is 0.429. The number of hydrogen-bond acceptors (Lipinski definition) is 5. The summed E-state index contributed by atoms with van der Waals surface area (Å²) in [4.78, 5) is 22.8.